The quantitative estimate of drug-likeness (QED) is 0.504. The fourth-order valence-corrected chi connectivity index (χ4v) is 2.36. The number of benzene rings is 1. The van der Waals surface area contributed by atoms with Crippen LogP contribution >= 0.6 is 11.6 Å². The normalized spacial score (nSPS) is 19.1. The van der Waals surface area contributed by atoms with Crippen LogP contribution in [0.25, 0.3) is 0 Å². The molecule has 2 saturated carbocycles. The fraction of sp³-hybridized carbons (Fsp3) is 0.467. The fourth-order valence-electron chi connectivity index (χ4n) is 1.95. The Balaban J connectivity index is 0.000000186. The van der Waals surface area contributed by atoms with Gasteiger partial charge in [-0.1, -0.05) is 30.7 Å². The minimum Gasteiger partial charge on any atom is -0.387 e. The van der Waals surface area contributed by atoms with Crippen molar-refractivity contribution < 1.29 is 4.79 Å². The van der Waals surface area contributed by atoms with Crippen LogP contribution in [0.4, 0.5) is 0 Å². The van der Waals surface area contributed by atoms with Crippen LogP contribution in [0, 0.1) is 11.3 Å². The molecule has 0 saturated heterocycles. The van der Waals surface area contributed by atoms with Gasteiger partial charge in [-0.05, 0) is 42.7 Å². The number of carbonyl (C=O) groups is 1. The number of rotatable bonds is 3. The third-order valence-corrected chi connectivity index (χ3v) is 4.11. The van der Waals surface area contributed by atoms with Crippen molar-refractivity contribution in [2.75, 3.05) is 0 Å². The molecule has 2 aliphatic rings. The summed E-state index contributed by atoms with van der Waals surface area (Å²) in [7, 11) is 0. The van der Waals surface area contributed by atoms with Crippen LogP contribution in [0.3, 0.4) is 0 Å². The minimum absolute atomic E-state index is 0.276. The van der Waals surface area contributed by atoms with E-state index in [2.05, 4.69) is 6.92 Å². The lowest BCUT2D eigenvalue weighted by Crippen LogP contribution is -2.10. The van der Waals surface area contributed by atoms with E-state index in [4.69, 9.17) is 22.7 Å². The van der Waals surface area contributed by atoms with E-state index in [-0.39, 0.29) is 5.41 Å². The van der Waals surface area contributed by atoms with Crippen molar-refractivity contribution in [1.29, 1.82) is 5.41 Å². The summed E-state index contributed by atoms with van der Waals surface area (Å²) >= 11 is 6.07. The molecule has 3 rings (SSSR count). The Morgan fingerprint density at radius 2 is 2.11 bits per heavy atom. The van der Waals surface area contributed by atoms with Crippen LogP contribution in [0.15, 0.2) is 18.2 Å². The molecule has 2 fully saturated rings. The smallest absolute Gasteiger partial charge is 0.150 e. The molecule has 2 aliphatic carbocycles. The summed E-state index contributed by atoms with van der Waals surface area (Å²) in [5.74, 6) is 0.833. The lowest BCUT2D eigenvalue weighted by molar-refractivity contribution is 0.112. The van der Waals surface area contributed by atoms with E-state index in [9.17, 15) is 4.79 Å². The number of nitrogens with two attached hydrogens (primary N) is 1. The molecule has 0 aliphatic heterocycles. The molecule has 4 heteroatoms. The Morgan fingerprint density at radius 3 is 2.42 bits per heavy atom. The lowest BCUT2D eigenvalue weighted by Gasteiger charge is -2.10. The molecule has 1 aromatic rings. The molecule has 1 aromatic carbocycles. The van der Waals surface area contributed by atoms with Gasteiger partial charge in [0.1, 0.15) is 6.29 Å². The molecule has 0 amide bonds. The van der Waals surface area contributed by atoms with E-state index >= 15 is 0 Å². The first kappa shape index (κ1) is 14.1. The van der Waals surface area contributed by atoms with E-state index in [1.807, 2.05) is 12.1 Å². The SMILES string of the molecule is CC1(c2ccc(C=O)cc2Cl)CC1.N=C(N)C1CC1. The second kappa shape index (κ2) is 5.33. The zero-order chi connectivity index (χ0) is 14.0. The highest BCUT2D eigenvalue weighted by molar-refractivity contribution is 6.31. The van der Waals surface area contributed by atoms with Gasteiger partial charge in [0.2, 0.25) is 0 Å². The largest absolute Gasteiger partial charge is 0.387 e. The number of amidine groups is 1. The predicted octanol–water partition coefficient (Wildman–Crippen LogP) is 3.54. The highest BCUT2D eigenvalue weighted by atomic mass is 35.5. The number of hydrogen-bond acceptors (Lipinski definition) is 2. The van der Waals surface area contributed by atoms with Crippen molar-refractivity contribution in [2.24, 2.45) is 11.7 Å². The summed E-state index contributed by atoms with van der Waals surface area (Å²) in [6.45, 7) is 2.20. The maximum Gasteiger partial charge on any atom is 0.150 e. The summed E-state index contributed by atoms with van der Waals surface area (Å²) < 4.78 is 0. The van der Waals surface area contributed by atoms with Crippen LogP contribution in [-0.2, 0) is 5.41 Å². The van der Waals surface area contributed by atoms with Gasteiger partial charge < -0.3 is 5.73 Å². The van der Waals surface area contributed by atoms with Crippen molar-refractivity contribution in [3.8, 4) is 0 Å². The van der Waals surface area contributed by atoms with Crippen molar-refractivity contribution >= 4 is 23.7 Å². The average molecular weight is 279 g/mol. The molecule has 0 atom stereocenters. The molecule has 102 valence electrons. The number of halogens is 1. The van der Waals surface area contributed by atoms with E-state index in [0.717, 1.165) is 24.2 Å². The van der Waals surface area contributed by atoms with Gasteiger partial charge in [0.05, 0.1) is 5.84 Å². The monoisotopic (exact) mass is 278 g/mol. The highest BCUT2D eigenvalue weighted by Crippen LogP contribution is 2.49. The molecule has 0 heterocycles. The first-order valence-corrected chi connectivity index (χ1v) is 6.93. The topological polar surface area (TPSA) is 66.9 Å². The van der Waals surface area contributed by atoms with Crippen molar-refractivity contribution in [2.45, 2.75) is 38.0 Å². The van der Waals surface area contributed by atoms with Gasteiger partial charge in [0.15, 0.2) is 0 Å². The Kier molecular flexibility index (Phi) is 3.95. The first-order chi connectivity index (χ1) is 8.96. The van der Waals surface area contributed by atoms with Gasteiger partial charge >= 0.3 is 0 Å². The Bertz CT molecular complexity index is 505. The van der Waals surface area contributed by atoms with E-state index < -0.39 is 0 Å². The molecule has 3 N–H and O–H groups in total. The van der Waals surface area contributed by atoms with Gasteiger partial charge in [-0.2, -0.15) is 0 Å². The van der Waals surface area contributed by atoms with Gasteiger partial charge in [0.25, 0.3) is 0 Å². The summed E-state index contributed by atoms with van der Waals surface area (Å²) in [5.41, 5.74) is 7.19. The molecule has 0 unspecified atom stereocenters. The molecule has 0 radical (unpaired) electrons. The predicted molar refractivity (Wildman–Crippen MR) is 78.1 cm³/mol. The zero-order valence-electron chi connectivity index (χ0n) is 11.1. The lowest BCUT2D eigenvalue weighted by atomic mass is 9.97. The van der Waals surface area contributed by atoms with Crippen LogP contribution in [0.2, 0.25) is 5.02 Å². The van der Waals surface area contributed by atoms with Crippen LogP contribution in [-0.4, -0.2) is 12.1 Å². The number of nitrogens with one attached hydrogen (secondary N) is 1. The number of aldehydes is 1. The second-order valence-electron chi connectivity index (χ2n) is 5.65. The Hall–Kier alpha value is -1.35. The third-order valence-electron chi connectivity index (χ3n) is 3.80. The summed E-state index contributed by atoms with van der Waals surface area (Å²) in [5, 5.41) is 7.52. The van der Waals surface area contributed by atoms with Gasteiger partial charge in [-0.3, -0.25) is 10.2 Å². The van der Waals surface area contributed by atoms with Crippen molar-refractivity contribution in [3.05, 3.63) is 34.3 Å². The van der Waals surface area contributed by atoms with Crippen LogP contribution in [0.1, 0.15) is 48.5 Å². The second-order valence-corrected chi connectivity index (χ2v) is 6.05. The van der Waals surface area contributed by atoms with Crippen molar-refractivity contribution in [1.82, 2.24) is 0 Å². The molecule has 3 nitrogen and oxygen atoms in total. The van der Waals surface area contributed by atoms with E-state index in [0.29, 0.717) is 17.3 Å². The van der Waals surface area contributed by atoms with Gasteiger partial charge in [-0.15, -0.1) is 0 Å². The summed E-state index contributed by atoms with van der Waals surface area (Å²) in [6, 6.07) is 5.55. The minimum atomic E-state index is 0.276. The Morgan fingerprint density at radius 1 is 1.47 bits per heavy atom. The molecular weight excluding hydrogens is 260 g/mol. The van der Waals surface area contributed by atoms with Crippen LogP contribution < -0.4 is 5.73 Å². The Labute approximate surface area is 118 Å². The first-order valence-electron chi connectivity index (χ1n) is 6.55. The molecular formula is C15H19ClN2O. The maximum atomic E-state index is 10.5. The molecule has 0 spiro atoms. The maximum absolute atomic E-state index is 10.5. The number of hydrogen-bond donors (Lipinski definition) is 2. The molecule has 0 bridgehead atoms. The van der Waals surface area contributed by atoms with Gasteiger partial charge in [-0.25, -0.2) is 0 Å². The molecule has 0 aromatic heterocycles. The van der Waals surface area contributed by atoms with Crippen LogP contribution in [0.5, 0.6) is 0 Å². The average Bonchev–Trinajstić information content (AvgIpc) is 3.23. The summed E-state index contributed by atoms with van der Waals surface area (Å²) in [4.78, 5) is 10.5. The summed E-state index contributed by atoms with van der Waals surface area (Å²) in [6.07, 6.45) is 5.52. The zero-order valence-corrected chi connectivity index (χ0v) is 11.8. The molecule has 19 heavy (non-hydrogen) atoms. The third kappa shape index (κ3) is 3.57. The standard InChI is InChI=1S/C11H11ClO.C4H8N2/c1-11(4-5-11)9-3-2-8(7-13)6-10(9)12;5-4(6)3-1-2-3/h2-3,6-7H,4-5H2,1H3;3H,1-2H2,(H3,5,6). The van der Waals surface area contributed by atoms with Crippen molar-refractivity contribution in [3.63, 3.8) is 0 Å². The highest BCUT2D eigenvalue weighted by Gasteiger charge is 2.40. The number of carbonyl (C=O) groups excluding carboxylic acids is 1. The van der Waals surface area contributed by atoms with Gasteiger partial charge in [0, 0.05) is 16.5 Å². The van der Waals surface area contributed by atoms with E-state index in [1.54, 1.807) is 6.07 Å². The van der Waals surface area contributed by atoms with E-state index in [1.165, 1.54) is 18.4 Å².